The van der Waals surface area contributed by atoms with Crippen LogP contribution in [0.25, 0.3) is 84.0 Å². The largest absolute Gasteiger partial charge is 0.192 e. The van der Waals surface area contributed by atoms with Crippen LogP contribution in [0.2, 0.25) is 0 Å². The molecule has 0 saturated heterocycles. The van der Waals surface area contributed by atoms with Crippen molar-refractivity contribution < 1.29 is 0 Å². The fourth-order valence-electron chi connectivity index (χ4n) is 7.86. The lowest BCUT2D eigenvalue weighted by Gasteiger charge is -2.21. The second kappa shape index (κ2) is 11.5. The molecule has 0 bridgehead atoms. The molecule has 14 heteroatoms. The van der Waals surface area contributed by atoms with Gasteiger partial charge in [0.1, 0.15) is 57.5 Å². The molecule has 0 amide bonds. The SMILES string of the molecule is CC1(C)c2cc(-c3ccc(C=C(C#N)C#N)c4nsnc34)sc2-c2sc3c4c(sc3c21)-c1sc(-c2ccc(C=C(C#N)C#N)c3nsnc23)cc1C4(C)C. The molecule has 0 atom stereocenters. The van der Waals surface area contributed by atoms with Gasteiger partial charge in [-0.25, -0.2) is 0 Å². The molecule has 2 aliphatic rings. The average Bonchev–Trinajstić information content (AvgIpc) is 4.01. The van der Waals surface area contributed by atoms with Gasteiger partial charge in [0.15, 0.2) is 0 Å². The molecule has 0 saturated carbocycles. The molecule has 2 aromatic carbocycles. The topological polar surface area (TPSA) is 147 Å². The Labute approximate surface area is 332 Å². The van der Waals surface area contributed by atoms with Gasteiger partial charge in [-0.15, -0.1) is 45.3 Å². The summed E-state index contributed by atoms with van der Waals surface area (Å²) in [4.78, 5) is 7.60. The summed E-state index contributed by atoms with van der Waals surface area (Å²) in [6.45, 7) is 9.36. The van der Waals surface area contributed by atoms with E-state index in [4.69, 9.17) is 0 Å². The second-order valence-electron chi connectivity index (χ2n) is 14.1. The number of fused-ring (bicyclic) bond motifs is 11. The normalized spacial score (nSPS) is 14.1. The van der Waals surface area contributed by atoms with Gasteiger partial charge in [0.2, 0.25) is 0 Å². The molecule has 10 rings (SSSR count). The van der Waals surface area contributed by atoms with Gasteiger partial charge >= 0.3 is 0 Å². The molecule has 0 aliphatic heterocycles. The molecule has 0 spiro atoms. The van der Waals surface area contributed by atoms with Crippen molar-refractivity contribution in [2.75, 3.05) is 0 Å². The standard InChI is InChI=1S/C40H20N8S6/c1-39(2)23-11-25(21-7-5-19(9-17(13-41)14-42)29-31(21)47-53-45-29)49-33(23)35-27(39)37-38(51-35)28-36(52-37)34-24(40(28,3)4)12-26(50-34)22-8-6-20(10-18(15-43)16-44)30-32(22)48-54-46-30/h5-12H,1-4H3. The summed E-state index contributed by atoms with van der Waals surface area (Å²) in [6, 6.07) is 20.3. The highest BCUT2D eigenvalue weighted by atomic mass is 32.1. The Morgan fingerprint density at radius 3 is 1.31 bits per heavy atom. The van der Waals surface area contributed by atoms with Gasteiger partial charge in [-0.1, -0.05) is 52.0 Å². The van der Waals surface area contributed by atoms with Crippen molar-refractivity contribution >= 4 is 112 Å². The lowest BCUT2D eigenvalue weighted by molar-refractivity contribution is 0.667. The van der Waals surface area contributed by atoms with Crippen molar-refractivity contribution in [2.45, 2.75) is 38.5 Å². The highest BCUT2D eigenvalue weighted by Gasteiger charge is 2.46. The molecule has 6 heterocycles. The Balaban J connectivity index is 1.07. The number of aromatic nitrogens is 4. The number of benzene rings is 2. The van der Waals surface area contributed by atoms with Crippen molar-refractivity contribution in [3.05, 3.63) is 80.9 Å². The molecular formula is C40H20N8S6. The zero-order chi connectivity index (χ0) is 37.3. The first-order valence-corrected chi connectivity index (χ1v) is 21.3. The number of nitriles is 4. The van der Waals surface area contributed by atoms with Gasteiger partial charge in [-0.3, -0.25) is 0 Å². The zero-order valence-corrected chi connectivity index (χ0v) is 33.5. The van der Waals surface area contributed by atoms with Gasteiger partial charge in [-0.05, 0) is 46.5 Å². The van der Waals surface area contributed by atoms with Crippen molar-refractivity contribution in [1.82, 2.24) is 17.5 Å². The molecular weight excluding hydrogens is 785 g/mol. The van der Waals surface area contributed by atoms with Gasteiger partial charge in [-0.2, -0.15) is 38.5 Å². The van der Waals surface area contributed by atoms with E-state index in [0.717, 1.165) is 55.4 Å². The van der Waals surface area contributed by atoms with Crippen LogP contribution in [0.3, 0.4) is 0 Å². The Hall–Kier alpha value is -5.42. The number of thiophene rings is 4. The molecule has 6 aromatic heterocycles. The highest BCUT2D eigenvalue weighted by Crippen LogP contribution is 2.66. The van der Waals surface area contributed by atoms with Gasteiger partial charge in [0, 0.05) is 52.6 Å². The lowest BCUT2D eigenvalue weighted by atomic mass is 9.81. The third-order valence-electron chi connectivity index (χ3n) is 10.5. The lowest BCUT2D eigenvalue weighted by Crippen LogP contribution is -2.15. The summed E-state index contributed by atoms with van der Waals surface area (Å²) >= 11 is 9.73. The Kier molecular flexibility index (Phi) is 7.09. The van der Waals surface area contributed by atoms with E-state index < -0.39 is 0 Å². The summed E-state index contributed by atoms with van der Waals surface area (Å²) < 4.78 is 21.1. The minimum Gasteiger partial charge on any atom is -0.192 e. The number of hydrogen-bond acceptors (Lipinski definition) is 14. The van der Waals surface area contributed by atoms with Crippen molar-refractivity contribution in [3.63, 3.8) is 0 Å². The van der Waals surface area contributed by atoms with Crippen LogP contribution in [0.5, 0.6) is 0 Å². The maximum Gasteiger partial charge on any atom is 0.130 e. The number of rotatable bonds is 4. The maximum absolute atomic E-state index is 9.32. The quantitative estimate of drug-likeness (QED) is 0.160. The van der Waals surface area contributed by atoms with E-state index in [2.05, 4.69) is 57.3 Å². The summed E-state index contributed by atoms with van der Waals surface area (Å²) in [7, 11) is 0. The Bertz CT molecular complexity index is 2980. The van der Waals surface area contributed by atoms with Crippen molar-refractivity contribution in [2.24, 2.45) is 0 Å². The van der Waals surface area contributed by atoms with E-state index in [-0.39, 0.29) is 22.0 Å². The highest BCUT2D eigenvalue weighted by molar-refractivity contribution is 7.35. The van der Waals surface area contributed by atoms with Crippen LogP contribution in [0, 0.1) is 45.3 Å². The molecule has 0 fully saturated rings. The average molecular weight is 805 g/mol. The van der Waals surface area contributed by atoms with E-state index in [0.29, 0.717) is 22.2 Å². The van der Waals surface area contributed by atoms with Crippen molar-refractivity contribution in [1.29, 1.82) is 21.0 Å². The van der Waals surface area contributed by atoms with E-state index in [1.54, 1.807) is 34.8 Å². The predicted octanol–water partition coefficient (Wildman–Crippen LogP) is 11.9. The first-order valence-electron chi connectivity index (χ1n) is 16.5. The first kappa shape index (κ1) is 33.2. The van der Waals surface area contributed by atoms with Crippen LogP contribution in [0.15, 0.2) is 47.5 Å². The number of allylic oxidation sites excluding steroid dienone is 2. The van der Waals surface area contributed by atoms with Crippen LogP contribution in [0.4, 0.5) is 0 Å². The van der Waals surface area contributed by atoms with E-state index in [9.17, 15) is 21.0 Å². The molecule has 256 valence electrons. The number of nitrogens with zero attached hydrogens (tertiary/aromatic N) is 8. The minimum absolute atomic E-state index is 0.0343. The van der Waals surface area contributed by atoms with E-state index in [1.807, 2.05) is 71.2 Å². The monoisotopic (exact) mass is 804 g/mol. The van der Waals surface area contributed by atoms with Crippen LogP contribution in [0.1, 0.15) is 61.1 Å². The maximum atomic E-state index is 9.32. The molecule has 8 nitrogen and oxygen atoms in total. The minimum atomic E-state index is -0.198. The second-order valence-corrected chi connectivity index (χ2v) is 19.3. The van der Waals surface area contributed by atoms with Crippen LogP contribution in [-0.4, -0.2) is 17.5 Å². The number of hydrogen-bond donors (Lipinski definition) is 0. The Morgan fingerprint density at radius 2 is 0.926 bits per heavy atom. The third-order valence-corrected chi connectivity index (χ3v) is 16.8. The molecule has 2 aliphatic carbocycles. The molecule has 54 heavy (non-hydrogen) atoms. The van der Waals surface area contributed by atoms with Crippen LogP contribution >= 0.6 is 68.8 Å². The predicted molar refractivity (Wildman–Crippen MR) is 222 cm³/mol. The van der Waals surface area contributed by atoms with Gasteiger partial charge in [0.25, 0.3) is 0 Å². The van der Waals surface area contributed by atoms with Gasteiger partial charge < -0.3 is 0 Å². The van der Waals surface area contributed by atoms with Gasteiger partial charge in [0.05, 0.1) is 42.6 Å². The third kappa shape index (κ3) is 4.38. The molecule has 8 aromatic rings. The summed E-state index contributed by atoms with van der Waals surface area (Å²) in [5.41, 5.74) is 11.6. The smallest absolute Gasteiger partial charge is 0.130 e. The first-order chi connectivity index (χ1) is 26.1. The molecule has 0 unspecified atom stereocenters. The van der Waals surface area contributed by atoms with E-state index in [1.165, 1.54) is 51.2 Å². The summed E-state index contributed by atoms with van der Waals surface area (Å²) in [5, 5.41) is 37.3. The molecule has 0 N–H and O–H groups in total. The fourth-order valence-corrected chi connectivity index (χ4v) is 15.5. The summed E-state index contributed by atoms with van der Waals surface area (Å²) in [6.07, 6.45) is 3.15. The van der Waals surface area contributed by atoms with Crippen LogP contribution < -0.4 is 0 Å². The fraction of sp³-hybridized carbons (Fsp3) is 0.150. The zero-order valence-electron chi connectivity index (χ0n) is 28.6. The molecule has 0 radical (unpaired) electrons. The van der Waals surface area contributed by atoms with Crippen molar-refractivity contribution in [3.8, 4) is 64.7 Å². The van der Waals surface area contributed by atoms with Crippen LogP contribution in [-0.2, 0) is 10.8 Å². The summed E-state index contributed by atoms with van der Waals surface area (Å²) in [5.74, 6) is 0. The van der Waals surface area contributed by atoms with E-state index >= 15 is 0 Å². The Morgan fingerprint density at radius 1 is 0.537 bits per heavy atom.